The monoisotopic (exact) mass is 271 g/mol. The number of carbonyl (C=O) groups excluding carboxylic acids is 1. The molecule has 92 valence electrons. The highest BCUT2D eigenvalue weighted by Gasteiger charge is 2.16. The fourth-order valence-corrected chi connectivity index (χ4v) is 3.18. The molecule has 0 spiro atoms. The van der Waals surface area contributed by atoms with E-state index in [2.05, 4.69) is 17.9 Å². The minimum Gasteiger partial charge on any atom is -0.351 e. The molecule has 0 radical (unpaired) electrons. The fraction of sp³-hybridized carbons (Fsp3) is 0.417. The van der Waals surface area contributed by atoms with Gasteiger partial charge in [-0.1, -0.05) is 0 Å². The molecule has 1 aromatic rings. The molecule has 0 bridgehead atoms. The number of thiol groups is 1. The van der Waals surface area contributed by atoms with Gasteiger partial charge in [0, 0.05) is 22.3 Å². The van der Waals surface area contributed by atoms with Crippen molar-refractivity contribution in [3.8, 4) is 0 Å². The molecule has 1 atom stereocenters. The minimum absolute atomic E-state index is 0.159. The summed E-state index contributed by atoms with van der Waals surface area (Å²) in [7, 11) is 0. The molecule has 1 aliphatic rings. The minimum atomic E-state index is -0.406. The van der Waals surface area contributed by atoms with Gasteiger partial charge in [-0.15, -0.1) is 12.6 Å². The quantitative estimate of drug-likeness (QED) is 0.828. The van der Waals surface area contributed by atoms with E-state index in [1.165, 1.54) is 30.4 Å². The van der Waals surface area contributed by atoms with Crippen LogP contribution in [-0.4, -0.2) is 23.5 Å². The van der Waals surface area contributed by atoms with Gasteiger partial charge in [0.15, 0.2) is 0 Å². The van der Waals surface area contributed by atoms with Crippen molar-refractivity contribution >= 4 is 30.3 Å². The fourth-order valence-electron chi connectivity index (χ4n) is 1.77. The number of hydrogen-bond acceptors (Lipinski definition) is 3. The molecule has 1 aliphatic heterocycles. The maximum absolute atomic E-state index is 13.0. The van der Waals surface area contributed by atoms with E-state index in [0.717, 1.165) is 6.42 Å². The van der Waals surface area contributed by atoms with E-state index >= 15 is 0 Å². The maximum atomic E-state index is 13.0. The lowest BCUT2D eigenvalue weighted by Gasteiger charge is -2.10. The number of amides is 1. The van der Waals surface area contributed by atoms with Crippen LogP contribution in [0.3, 0.4) is 0 Å². The van der Waals surface area contributed by atoms with Crippen LogP contribution in [-0.2, 0) is 0 Å². The first-order valence-corrected chi connectivity index (χ1v) is 7.05. The summed E-state index contributed by atoms with van der Waals surface area (Å²) in [5, 5.41) is 3.39. The van der Waals surface area contributed by atoms with Crippen LogP contribution in [0.25, 0.3) is 0 Å². The summed E-state index contributed by atoms with van der Waals surface area (Å²) in [4.78, 5) is 12.0. The smallest absolute Gasteiger partial charge is 0.251 e. The summed E-state index contributed by atoms with van der Waals surface area (Å²) in [6, 6.07) is 4.20. The molecule has 1 amide bonds. The third kappa shape index (κ3) is 3.39. The van der Waals surface area contributed by atoms with Crippen LogP contribution < -0.4 is 5.32 Å². The third-order valence-corrected chi connectivity index (χ3v) is 4.46. The Labute approximate surface area is 110 Å². The number of benzene rings is 1. The van der Waals surface area contributed by atoms with Gasteiger partial charge in [-0.3, -0.25) is 4.79 Å². The van der Waals surface area contributed by atoms with Gasteiger partial charge in [0.2, 0.25) is 0 Å². The Hall–Kier alpha value is -0.680. The Balaban J connectivity index is 1.92. The van der Waals surface area contributed by atoms with Crippen LogP contribution in [0, 0.1) is 5.82 Å². The maximum Gasteiger partial charge on any atom is 0.251 e. The summed E-state index contributed by atoms with van der Waals surface area (Å²) in [5.41, 5.74) is 0.458. The van der Waals surface area contributed by atoms with Gasteiger partial charge in [-0.25, -0.2) is 4.39 Å². The largest absolute Gasteiger partial charge is 0.351 e. The third-order valence-electron chi connectivity index (χ3n) is 2.72. The molecule has 2 rings (SSSR count). The van der Waals surface area contributed by atoms with Crippen molar-refractivity contribution in [2.24, 2.45) is 0 Å². The zero-order valence-electron chi connectivity index (χ0n) is 9.28. The summed E-state index contributed by atoms with van der Waals surface area (Å²) < 4.78 is 13.0. The summed E-state index contributed by atoms with van der Waals surface area (Å²) in [5.74, 6) is 0.613. The predicted octanol–water partition coefficient (Wildman–Crippen LogP) is 2.74. The second kappa shape index (κ2) is 5.78. The van der Waals surface area contributed by atoms with E-state index in [1.54, 1.807) is 0 Å². The number of nitrogens with one attached hydrogen (secondary N) is 1. The topological polar surface area (TPSA) is 29.1 Å². The van der Waals surface area contributed by atoms with E-state index in [4.69, 9.17) is 0 Å². The van der Waals surface area contributed by atoms with Gasteiger partial charge in [-0.2, -0.15) is 11.8 Å². The van der Waals surface area contributed by atoms with Crippen LogP contribution in [0.15, 0.2) is 23.1 Å². The Morgan fingerprint density at radius 3 is 3.06 bits per heavy atom. The molecule has 5 heteroatoms. The average molecular weight is 271 g/mol. The van der Waals surface area contributed by atoms with Crippen molar-refractivity contribution in [3.05, 3.63) is 29.6 Å². The average Bonchev–Trinajstić information content (AvgIpc) is 2.82. The second-order valence-corrected chi connectivity index (χ2v) is 5.90. The van der Waals surface area contributed by atoms with Crippen LogP contribution in [0.5, 0.6) is 0 Å². The lowest BCUT2D eigenvalue weighted by Crippen LogP contribution is -2.29. The Morgan fingerprint density at radius 2 is 2.41 bits per heavy atom. The molecule has 1 unspecified atom stereocenters. The SMILES string of the molecule is O=C(NCC1CCCS1)c1ccc(F)c(S)c1. The number of carbonyl (C=O) groups is 1. The molecule has 17 heavy (non-hydrogen) atoms. The summed E-state index contributed by atoms with van der Waals surface area (Å²) >= 11 is 5.85. The van der Waals surface area contributed by atoms with Crippen LogP contribution in [0.2, 0.25) is 0 Å². The number of thioether (sulfide) groups is 1. The zero-order valence-corrected chi connectivity index (χ0v) is 11.0. The number of hydrogen-bond donors (Lipinski definition) is 2. The van der Waals surface area contributed by atoms with Gasteiger partial charge < -0.3 is 5.32 Å². The van der Waals surface area contributed by atoms with Gasteiger partial charge >= 0.3 is 0 Å². The number of halogens is 1. The van der Waals surface area contributed by atoms with E-state index in [1.807, 2.05) is 11.8 Å². The lowest BCUT2D eigenvalue weighted by atomic mass is 10.2. The van der Waals surface area contributed by atoms with Crippen molar-refractivity contribution in [1.82, 2.24) is 5.32 Å². The normalized spacial score (nSPS) is 19.3. The first kappa shape index (κ1) is 12.8. The number of rotatable bonds is 3. The Kier molecular flexibility index (Phi) is 4.34. The van der Waals surface area contributed by atoms with Crippen molar-refractivity contribution in [1.29, 1.82) is 0 Å². The summed E-state index contributed by atoms with van der Waals surface area (Å²) in [6.07, 6.45) is 2.38. The Bertz CT molecular complexity index is 419. The van der Waals surface area contributed by atoms with E-state index in [0.29, 0.717) is 17.4 Å². The van der Waals surface area contributed by atoms with Crippen LogP contribution in [0.1, 0.15) is 23.2 Å². The lowest BCUT2D eigenvalue weighted by molar-refractivity contribution is 0.0953. The molecule has 1 aromatic carbocycles. The first-order chi connectivity index (χ1) is 8.16. The van der Waals surface area contributed by atoms with Crippen molar-refractivity contribution in [3.63, 3.8) is 0 Å². The van der Waals surface area contributed by atoms with Crippen molar-refractivity contribution in [2.75, 3.05) is 12.3 Å². The van der Waals surface area contributed by atoms with Crippen molar-refractivity contribution in [2.45, 2.75) is 23.0 Å². The Morgan fingerprint density at radius 1 is 1.59 bits per heavy atom. The zero-order chi connectivity index (χ0) is 12.3. The molecular weight excluding hydrogens is 257 g/mol. The van der Waals surface area contributed by atoms with Gasteiger partial charge in [0.1, 0.15) is 5.82 Å². The molecule has 1 N–H and O–H groups in total. The predicted molar refractivity (Wildman–Crippen MR) is 71.5 cm³/mol. The van der Waals surface area contributed by atoms with Crippen LogP contribution >= 0.6 is 24.4 Å². The van der Waals surface area contributed by atoms with Gasteiger partial charge in [0.25, 0.3) is 5.91 Å². The van der Waals surface area contributed by atoms with Crippen molar-refractivity contribution < 1.29 is 9.18 Å². The molecule has 1 saturated heterocycles. The molecule has 2 nitrogen and oxygen atoms in total. The van der Waals surface area contributed by atoms with E-state index < -0.39 is 5.82 Å². The second-order valence-electron chi connectivity index (χ2n) is 4.01. The van der Waals surface area contributed by atoms with E-state index in [-0.39, 0.29) is 10.8 Å². The molecular formula is C12H14FNOS2. The highest BCUT2D eigenvalue weighted by atomic mass is 32.2. The molecule has 0 aromatic heterocycles. The highest BCUT2D eigenvalue weighted by Crippen LogP contribution is 2.25. The highest BCUT2D eigenvalue weighted by molar-refractivity contribution is 8.00. The first-order valence-electron chi connectivity index (χ1n) is 5.55. The molecule has 0 aliphatic carbocycles. The van der Waals surface area contributed by atoms with Gasteiger partial charge in [0.05, 0.1) is 0 Å². The van der Waals surface area contributed by atoms with Gasteiger partial charge in [-0.05, 0) is 36.8 Å². The van der Waals surface area contributed by atoms with E-state index in [9.17, 15) is 9.18 Å². The standard InChI is InChI=1S/C12H14FNOS2/c13-10-4-3-8(6-11(10)16)12(15)14-7-9-2-1-5-17-9/h3-4,6,9,16H,1-2,5,7H2,(H,14,15). The molecule has 1 fully saturated rings. The summed E-state index contributed by atoms with van der Waals surface area (Å²) in [6.45, 7) is 0.683. The van der Waals surface area contributed by atoms with Crippen LogP contribution in [0.4, 0.5) is 4.39 Å². The molecule has 1 heterocycles. The molecule has 0 saturated carbocycles.